The van der Waals surface area contributed by atoms with E-state index in [1.807, 2.05) is 49.6 Å². The van der Waals surface area contributed by atoms with Gasteiger partial charge < -0.3 is 20.9 Å². The van der Waals surface area contributed by atoms with Crippen LogP contribution in [0.5, 0.6) is 0 Å². The molecular weight excluding hydrogens is 412 g/mol. The first-order chi connectivity index (χ1) is 15.0. The van der Waals surface area contributed by atoms with Gasteiger partial charge in [0, 0.05) is 25.3 Å². The van der Waals surface area contributed by atoms with E-state index in [0.29, 0.717) is 37.4 Å². The molecule has 1 fully saturated rings. The van der Waals surface area contributed by atoms with Gasteiger partial charge in [-0.1, -0.05) is 30.7 Å². The second-order valence-corrected chi connectivity index (χ2v) is 8.79. The monoisotopic (exact) mass is 442 g/mol. The highest BCUT2D eigenvalue weighted by molar-refractivity contribution is 7.12. The number of carbonyl (C=O) groups is 3. The van der Waals surface area contributed by atoms with Crippen LogP contribution < -0.4 is 16.0 Å². The average Bonchev–Trinajstić information content (AvgIpc) is 3.32. The summed E-state index contributed by atoms with van der Waals surface area (Å²) in [6.45, 7) is 5.64. The molecule has 1 unspecified atom stereocenters. The Labute approximate surface area is 187 Å². The molecule has 2 aromatic rings. The van der Waals surface area contributed by atoms with Crippen LogP contribution in [0.2, 0.25) is 0 Å². The van der Waals surface area contributed by atoms with Crippen LogP contribution in [0.15, 0.2) is 41.8 Å². The number of carbonyl (C=O) groups excluding carboxylic acids is 3. The lowest BCUT2D eigenvalue weighted by atomic mass is 9.88. The summed E-state index contributed by atoms with van der Waals surface area (Å²) >= 11 is 1.35. The number of rotatable bonds is 7. The quantitative estimate of drug-likeness (QED) is 0.612. The highest BCUT2D eigenvalue weighted by atomic mass is 32.1. The van der Waals surface area contributed by atoms with E-state index in [0.717, 1.165) is 17.7 Å². The minimum atomic E-state index is -0.608. The molecule has 1 aromatic heterocycles. The number of urea groups is 1. The Morgan fingerprint density at radius 3 is 2.45 bits per heavy atom. The minimum absolute atomic E-state index is 0.0239. The van der Waals surface area contributed by atoms with Crippen molar-refractivity contribution < 1.29 is 14.4 Å². The number of thiophene rings is 1. The lowest BCUT2D eigenvalue weighted by molar-refractivity contribution is -0.124. The summed E-state index contributed by atoms with van der Waals surface area (Å²) in [5.41, 5.74) is 1.90. The molecule has 1 aliphatic heterocycles. The van der Waals surface area contributed by atoms with E-state index in [1.54, 1.807) is 11.0 Å². The molecule has 1 aliphatic rings. The van der Waals surface area contributed by atoms with E-state index in [9.17, 15) is 14.4 Å². The van der Waals surface area contributed by atoms with Crippen LogP contribution in [0, 0.1) is 12.8 Å². The van der Waals surface area contributed by atoms with E-state index in [2.05, 4.69) is 16.0 Å². The molecule has 0 radical (unpaired) electrons. The number of amides is 4. The molecule has 1 aromatic carbocycles. The zero-order valence-corrected chi connectivity index (χ0v) is 18.8. The molecular formula is C23H30N4O3S. The van der Waals surface area contributed by atoms with E-state index < -0.39 is 6.04 Å². The topological polar surface area (TPSA) is 90.5 Å². The van der Waals surface area contributed by atoms with Crippen molar-refractivity contribution in [2.45, 2.75) is 39.2 Å². The van der Waals surface area contributed by atoms with Crippen molar-refractivity contribution in [1.82, 2.24) is 15.5 Å². The molecule has 8 heteroatoms. The number of piperidine rings is 1. The SMILES string of the molecule is CCCNC(=O)C(NC(=O)c1cccs1)C1CCN(C(=O)Nc2ccc(C)cc2)CC1. The Balaban J connectivity index is 1.59. The smallest absolute Gasteiger partial charge is 0.321 e. The zero-order chi connectivity index (χ0) is 22.2. The number of anilines is 1. The first kappa shape index (κ1) is 22.8. The second-order valence-electron chi connectivity index (χ2n) is 7.84. The van der Waals surface area contributed by atoms with Gasteiger partial charge in [-0.15, -0.1) is 11.3 Å². The molecule has 166 valence electrons. The summed E-state index contributed by atoms with van der Waals surface area (Å²) in [5, 5.41) is 10.6. The largest absolute Gasteiger partial charge is 0.354 e. The maximum absolute atomic E-state index is 12.8. The number of aryl methyl sites for hydroxylation is 1. The third kappa shape index (κ3) is 6.30. The van der Waals surface area contributed by atoms with E-state index >= 15 is 0 Å². The van der Waals surface area contributed by atoms with Crippen LogP contribution in [-0.2, 0) is 4.79 Å². The highest BCUT2D eigenvalue weighted by Crippen LogP contribution is 2.23. The van der Waals surface area contributed by atoms with Crippen molar-refractivity contribution in [2.75, 3.05) is 25.0 Å². The maximum Gasteiger partial charge on any atom is 0.321 e. The Hall–Kier alpha value is -2.87. The van der Waals surface area contributed by atoms with E-state index in [1.165, 1.54) is 11.3 Å². The summed E-state index contributed by atoms with van der Waals surface area (Å²) in [4.78, 5) is 40.3. The maximum atomic E-state index is 12.8. The zero-order valence-electron chi connectivity index (χ0n) is 18.0. The first-order valence-corrected chi connectivity index (χ1v) is 11.6. The number of hydrogen-bond donors (Lipinski definition) is 3. The molecule has 0 spiro atoms. The fourth-order valence-corrected chi connectivity index (χ4v) is 4.28. The fraction of sp³-hybridized carbons (Fsp3) is 0.435. The fourth-order valence-electron chi connectivity index (χ4n) is 3.65. The van der Waals surface area contributed by atoms with Gasteiger partial charge in [-0.2, -0.15) is 0 Å². The average molecular weight is 443 g/mol. The predicted octanol–water partition coefficient (Wildman–Crippen LogP) is 3.63. The molecule has 7 nitrogen and oxygen atoms in total. The number of hydrogen-bond acceptors (Lipinski definition) is 4. The minimum Gasteiger partial charge on any atom is -0.354 e. The van der Waals surface area contributed by atoms with Gasteiger partial charge >= 0.3 is 6.03 Å². The molecule has 1 atom stereocenters. The summed E-state index contributed by atoms with van der Waals surface area (Å²) < 4.78 is 0. The molecule has 1 saturated heterocycles. The van der Waals surface area contributed by atoms with Crippen molar-refractivity contribution >= 4 is 34.9 Å². The first-order valence-electron chi connectivity index (χ1n) is 10.7. The van der Waals surface area contributed by atoms with Crippen LogP contribution in [-0.4, -0.2) is 48.4 Å². The lowest BCUT2D eigenvalue weighted by Gasteiger charge is -2.35. The van der Waals surface area contributed by atoms with Crippen molar-refractivity contribution in [3.63, 3.8) is 0 Å². The van der Waals surface area contributed by atoms with E-state index in [4.69, 9.17) is 0 Å². The number of nitrogens with one attached hydrogen (secondary N) is 3. The third-order valence-corrected chi connectivity index (χ3v) is 6.33. The molecule has 0 bridgehead atoms. The molecule has 3 rings (SSSR count). The number of benzene rings is 1. The van der Waals surface area contributed by atoms with Gasteiger partial charge in [-0.05, 0) is 55.7 Å². The van der Waals surface area contributed by atoms with Crippen LogP contribution in [0.3, 0.4) is 0 Å². The highest BCUT2D eigenvalue weighted by Gasteiger charge is 2.34. The molecule has 31 heavy (non-hydrogen) atoms. The van der Waals surface area contributed by atoms with Crippen LogP contribution in [0.4, 0.5) is 10.5 Å². The Bertz CT molecular complexity index is 875. The van der Waals surface area contributed by atoms with Gasteiger partial charge in [0.05, 0.1) is 4.88 Å². The molecule has 4 amide bonds. The van der Waals surface area contributed by atoms with Gasteiger partial charge in [0.25, 0.3) is 5.91 Å². The predicted molar refractivity (Wildman–Crippen MR) is 123 cm³/mol. The number of nitrogens with zero attached hydrogens (tertiary/aromatic N) is 1. The van der Waals surface area contributed by atoms with Gasteiger partial charge in [0.15, 0.2) is 0 Å². The molecule has 0 saturated carbocycles. The van der Waals surface area contributed by atoms with Crippen molar-refractivity contribution in [2.24, 2.45) is 5.92 Å². The van der Waals surface area contributed by atoms with E-state index in [-0.39, 0.29) is 23.8 Å². The third-order valence-electron chi connectivity index (χ3n) is 5.46. The second kappa shape index (κ2) is 10.9. The summed E-state index contributed by atoms with van der Waals surface area (Å²) in [6.07, 6.45) is 2.13. The lowest BCUT2D eigenvalue weighted by Crippen LogP contribution is -2.54. The van der Waals surface area contributed by atoms with Crippen LogP contribution in [0.1, 0.15) is 41.4 Å². The standard InChI is InChI=1S/C23H30N4O3S/c1-3-12-24-22(29)20(26-21(28)19-5-4-15-31-19)17-10-13-27(14-11-17)23(30)25-18-8-6-16(2)7-9-18/h4-9,15,17,20H,3,10-14H2,1-2H3,(H,24,29)(H,25,30)(H,26,28). The molecule has 2 heterocycles. The normalized spacial score (nSPS) is 15.2. The van der Waals surface area contributed by atoms with Gasteiger partial charge in [-0.3, -0.25) is 9.59 Å². The van der Waals surface area contributed by atoms with Crippen LogP contribution >= 0.6 is 11.3 Å². The van der Waals surface area contributed by atoms with Gasteiger partial charge in [0.2, 0.25) is 5.91 Å². The molecule has 0 aliphatic carbocycles. The van der Waals surface area contributed by atoms with Crippen LogP contribution in [0.25, 0.3) is 0 Å². The van der Waals surface area contributed by atoms with Crippen molar-refractivity contribution in [3.05, 3.63) is 52.2 Å². The summed E-state index contributed by atoms with van der Waals surface area (Å²) in [6, 6.07) is 10.5. The Morgan fingerprint density at radius 1 is 1.13 bits per heavy atom. The van der Waals surface area contributed by atoms with Crippen molar-refractivity contribution in [1.29, 1.82) is 0 Å². The summed E-state index contributed by atoms with van der Waals surface area (Å²) in [7, 11) is 0. The Kier molecular flexibility index (Phi) is 8.06. The molecule has 3 N–H and O–H groups in total. The summed E-state index contributed by atoms with van der Waals surface area (Å²) in [5.74, 6) is -0.412. The number of likely N-dealkylation sites (tertiary alicyclic amines) is 1. The van der Waals surface area contributed by atoms with Gasteiger partial charge in [0.1, 0.15) is 6.04 Å². The van der Waals surface area contributed by atoms with Gasteiger partial charge in [-0.25, -0.2) is 4.79 Å². The Morgan fingerprint density at radius 2 is 1.84 bits per heavy atom. The van der Waals surface area contributed by atoms with Crippen molar-refractivity contribution in [3.8, 4) is 0 Å².